The van der Waals surface area contributed by atoms with Gasteiger partial charge in [0.25, 0.3) is 0 Å². The Kier molecular flexibility index (Phi) is 63.5. The van der Waals surface area contributed by atoms with Crippen molar-refractivity contribution < 1.29 is 23.9 Å². The summed E-state index contributed by atoms with van der Waals surface area (Å²) in [6, 6.07) is 0. The molecule has 8 heteroatoms. The van der Waals surface area contributed by atoms with Crippen LogP contribution >= 0.6 is 0 Å². The maximum absolute atomic E-state index is 9.82. The van der Waals surface area contributed by atoms with Gasteiger partial charge in [-0.3, -0.25) is 4.79 Å². The van der Waals surface area contributed by atoms with Gasteiger partial charge in [-0.05, 0) is 6.92 Å². The highest BCUT2D eigenvalue weighted by Gasteiger charge is 1.81. The molecule has 3 N–H and O–H groups in total. The van der Waals surface area contributed by atoms with E-state index in [0.717, 1.165) is 18.2 Å². The van der Waals surface area contributed by atoms with Gasteiger partial charge in [0.1, 0.15) is 0 Å². The summed E-state index contributed by atoms with van der Waals surface area (Å²) in [6.07, 6.45) is 2.25. The summed E-state index contributed by atoms with van der Waals surface area (Å²) in [5.41, 5.74) is 0. The van der Waals surface area contributed by atoms with Crippen molar-refractivity contribution in [2.75, 3.05) is 6.61 Å². The zero-order valence-corrected chi connectivity index (χ0v) is 8.25. The first-order chi connectivity index (χ1) is 7.01. The SMILES string of the molecule is CCOC(C)=O.N=C=O.N=C=O.N=C=O. The number of carbonyl (C=O) groups is 1. The van der Waals surface area contributed by atoms with Crippen molar-refractivity contribution in [2.45, 2.75) is 13.8 Å². The van der Waals surface area contributed by atoms with Crippen molar-refractivity contribution in [3.8, 4) is 0 Å². The maximum Gasteiger partial charge on any atom is 0.302 e. The first kappa shape index (κ1) is 22.9. The van der Waals surface area contributed by atoms with Crippen LogP contribution in [0.25, 0.3) is 0 Å². The van der Waals surface area contributed by atoms with Crippen LogP contribution in [0.5, 0.6) is 0 Å². The van der Waals surface area contributed by atoms with E-state index in [4.69, 9.17) is 30.6 Å². The van der Waals surface area contributed by atoms with Crippen LogP contribution in [0, 0.1) is 16.2 Å². The number of esters is 1. The van der Waals surface area contributed by atoms with Crippen molar-refractivity contribution in [1.29, 1.82) is 16.2 Å². The third kappa shape index (κ3) is 2880. The van der Waals surface area contributed by atoms with Crippen LogP contribution < -0.4 is 0 Å². The number of rotatable bonds is 1. The molecule has 0 aromatic heterocycles. The second-order valence-electron chi connectivity index (χ2n) is 1.23. The molecular formula is C7H11N3O5. The summed E-state index contributed by atoms with van der Waals surface area (Å²) in [6.45, 7) is 3.65. The summed E-state index contributed by atoms with van der Waals surface area (Å²) in [5, 5.41) is 16.2. The second-order valence-corrected chi connectivity index (χ2v) is 1.23. The lowest BCUT2D eigenvalue weighted by Crippen LogP contribution is -1.95. The number of nitrogens with one attached hydrogen (secondary N) is 3. The Hall–Kier alpha value is -2.39. The van der Waals surface area contributed by atoms with Crippen molar-refractivity contribution in [3.05, 3.63) is 0 Å². The molecule has 0 heterocycles. The number of ether oxygens (including phenoxy) is 1. The fraction of sp³-hybridized carbons (Fsp3) is 0.429. The standard InChI is InChI=1S/C4H8O2.3CHNO/c1-3-6-4(2)5;3*2-1-3/h3H2,1-2H3;3*2H. The molecule has 0 rings (SSSR count). The average molecular weight is 217 g/mol. The molecule has 0 unspecified atom stereocenters. The van der Waals surface area contributed by atoms with E-state index in [2.05, 4.69) is 4.74 Å². The molecule has 0 amide bonds. The lowest BCUT2D eigenvalue weighted by atomic mass is 10.8. The van der Waals surface area contributed by atoms with Crippen LogP contribution in [0.3, 0.4) is 0 Å². The maximum atomic E-state index is 9.82. The smallest absolute Gasteiger partial charge is 0.302 e. The minimum Gasteiger partial charge on any atom is -0.466 e. The average Bonchev–Trinajstić information content (AvgIpc) is 2.07. The molecule has 0 spiro atoms. The Labute approximate surface area is 85.8 Å². The predicted molar refractivity (Wildman–Crippen MR) is 47.5 cm³/mol. The van der Waals surface area contributed by atoms with Gasteiger partial charge in [-0.25, -0.2) is 30.6 Å². The molecule has 84 valence electrons. The molecular weight excluding hydrogens is 206 g/mol. The zero-order chi connectivity index (χ0) is 13.1. The van der Waals surface area contributed by atoms with Crippen molar-refractivity contribution >= 4 is 24.2 Å². The van der Waals surface area contributed by atoms with Crippen LogP contribution in [0.15, 0.2) is 0 Å². The highest BCUT2D eigenvalue weighted by molar-refractivity contribution is 5.65. The molecule has 0 atom stereocenters. The lowest BCUT2D eigenvalue weighted by Gasteiger charge is -1.89. The Bertz CT molecular complexity index is 204. The van der Waals surface area contributed by atoms with E-state index >= 15 is 0 Å². The van der Waals surface area contributed by atoms with E-state index in [-0.39, 0.29) is 5.97 Å². The van der Waals surface area contributed by atoms with Crippen LogP contribution in [0.1, 0.15) is 13.8 Å². The van der Waals surface area contributed by atoms with E-state index in [1.54, 1.807) is 6.92 Å². The largest absolute Gasteiger partial charge is 0.466 e. The number of hydrogen-bond donors (Lipinski definition) is 3. The normalized spacial score (nSPS) is 4.67. The molecule has 0 aliphatic carbocycles. The highest BCUT2D eigenvalue weighted by Crippen LogP contribution is 1.69. The second kappa shape index (κ2) is 41.5. The van der Waals surface area contributed by atoms with E-state index in [0.29, 0.717) is 6.61 Å². The lowest BCUT2D eigenvalue weighted by molar-refractivity contribution is -0.140. The minimum atomic E-state index is -0.211. The van der Waals surface area contributed by atoms with E-state index < -0.39 is 0 Å². The van der Waals surface area contributed by atoms with E-state index in [1.807, 2.05) is 0 Å². The summed E-state index contributed by atoms with van der Waals surface area (Å²) in [4.78, 5) is 34.9. The quantitative estimate of drug-likeness (QED) is 0.327. The minimum absolute atomic E-state index is 0.211. The van der Waals surface area contributed by atoms with Crippen LogP contribution in [-0.4, -0.2) is 30.8 Å². The van der Waals surface area contributed by atoms with Gasteiger partial charge < -0.3 is 4.74 Å². The fourth-order valence-electron chi connectivity index (χ4n) is 0.203. The van der Waals surface area contributed by atoms with Crippen molar-refractivity contribution in [1.82, 2.24) is 0 Å². The number of hydrogen-bond acceptors (Lipinski definition) is 8. The Balaban J connectivity index is -0.0000000581. The van der Waals surface area contributed by atoms with Crippen molar-refractivity contribution in [3.63, 3.8) is 0 Å². The zero-order valence-electron chi connectivity index (χ0n) is 8.25. The molecule has 0 aliphatic rings. The first-order valence-electron chi connectivity index (χ1n) is 3.27. The Morgan fingerprint density at radius 3 is 1.27 bits per heavy atom. The first-order valence-corrected chi connectivity index (χ1v) is 3.27. The molecule has 0 aromatic carbocycles. The summed E-state index contributed by atoms with van der Waals surface area (Å²) < 4.78 is 4.40. The van der Waals surface area contributed by atoms with Gasteiger partial charge in [-0.2, -0.15) is 0 Å². The molecule has 0 saturated carbocycles. The number of isocyanates is 3. The highest BCUT2D eigenvalue weighted by atomic mass is 16.5. The van der Waals surface area contributed by atoms with Gasteiger partial charge in [0, 0.05) is 6.92 Å². The molecule has 8 nitrogen and oxygen atoms in total. The van der Waals surface area contributed by atoms with E-state index in [9.17, 15) is 4.79 Å². The topological polar surface area (TPSA) is 149 Å². The monoisotopic (exact) mass is 217 g/mol. The Morgan fingerprint density at radius 1 is 1.07 bits per heavy atom. The molecule has 0 bridgehead atoms. The van der Waals surface area contributed by atoms with Gasteiger partial charge in [-0.15, -0.1) is 0 Å². The van der Waals surface area contributed by atoms with E-state index in [1.165, 1.54) is 6.92 Å². The van der Waals surface area contributed by atoms with Gasteiger partial charge in [0.15, 0.2) is 0 Å². The summed E-state index contributed by atoms with van der Waals surface area (Å²) in [5.74, 6) is -0.211. The van der Waals surface area contributed by atoms with Gasteiger partial charge >= 0.3 is 5.97 Å². The molecule has 0 aliphatic heterocycles. The van der Waals surface area contributed by atoms with Crippen LogP contribution in [0.2, 0.25) is 0 Å². The van der Waals surface area contributed by atoms with Crippen LogP contribution in [0.4, 0.5) is 0 Å². The predicted octanol–water partition coefficient (Wildman–Crippen LogP) is 0.272. The van der Waals surface area contributed by atoms with Gasteiger partial charge in [0.2, 0.25) is 18.2 Å². The van der Waals surface area contributed by atoms with Crippen LogP contribution in [-0.2, 0) is 23.9 Å². The molecule has 0 saturated heterocycles. The number of carbonyl (C=O) groups excluding carboxylic acids is 4. The molecule has 15 heavy (non-hydrogen) atoms. The van der Waals surface area contributed by atoms with Gasteiger partial charge in [0.05, 0.1) is 6.61 Å². The third-order valence-corrected chi connectivity index (χ3v) is 0.348. The van der Waals surface area contributed by atoms with Gasteiger partial charge in [-0.1, -0.05) is 0 Å². The summed E-state index contributed by atoms with van der Waals surface area (Å²) >= 11 is 0. The van der Waals surface area contributed by atoms with Crippen molar-refractivity contribution in [2.24, 2.45) is 0 Å². The summed E-state index contributed by atoms with van der Waals surface area (Å²) in [7, 11) is 0. The third-order valence-electron chi connectivity index (χ3n) is 0.348. The molecule has 0 fully saturated rings. The molecule has 0 radical (unpaired) electrons. The fourth-order valence-corrected chi connectivity index (χ4v) is 0.203. The molecule has 0 aromatic rings. The Morgan fingerprint density at radius 2 is 1.27 bits per heavy atom.